The second-order valence-electron chi connectivity index (χ2n) is 2.46. The first-order chi connectivity index (χ1) is 5.27. The molecule has 2 bridgehead atoms. The van der Waals surface area contributed by atoms with Gasteiger partial charge in [-0.25, -0.2) is 0 Å². The number of anilines is 1. The third-order valence-corrected chi connectivity index (χ3v) is 1.74. The van der Waals surface area contributed by atoms with Crippen molar-refractivity contribution in [3.8, 4) is 0 Å². The molecular weight excluding hydrogens is 144 g/mol. The molecule has 1 N–H and O–H groups in total. The van der Waals surface area contributed by atoms with Crippen molar-refractivity contribution in [2.24, 2.45) is 0 Å². The summed E-state index contributed by atoms with van der Waals surface area (Å²) in [5.74, 6) is 0. The number of rotatable bonds is 1. The van der Waals surface area contributed by atoms with Crippen LogP contribution in [0.4, 0.5) is 11.4 Å². The Morgan fingerprint density at radius 3 is 2.64 bits per heavy atom. The van der Waals surface area contributed by atoms with Crippen molar-refractivity contribution in [1.82, 2.24) is 0 Å². The highest BCUT2D eigenvalue weighted by molar-refractivity contribution is 5.65. The van der Waals surface area contributed by atoms with Crippen LogP contribution in [0.1, 0.15) is 5.56 Å². The van der Waals surface area contributed by atoms with Crippen LogP contribution in [0.2, 0.25) is 0 Å². The maximum Gasteiger partial charge on any atom is 0.292 e. The second-order valence-corrected chi connectivity index (χ2v) is 2.46. The van der Waals surface area contributed by atoms with Crippen LogP contribution in [0, 0.1) is 10.1 Å². The van der Waals surface area contributed by atoms with E-state index in [0.717, 1.165) is 5.56 Å². The normalized spacial score (nSPS) is 12.7. The van der Waals surface area contributed by atoms with Gasteiger partial charge in [-0.3, -0.25) is 10.1 Å². The molecule has 2 heterocycles. The lowest BCUT2D eigenvalue weighted by Gasteiger charge is -2.13. The average Bonchev–Trinajstić information content (AvgIpc) is 2.06. The molecule has 0 saturated carbocycles. The van der Waals surface area contributed by atoms with Crippen LogP contribution in [-0.2, 0) is 6.54 Å². The smallest absolute Gasteiger partial charge is 0.292 e. The molecule has 0 atom stereocenters. The van der Waals surface area contributed by atoms with Crippen LogP contribution in [0.25, 0.3) is 0 Å². The summed E-state index contributed by atoms with van der Waals surface area (Å²) in [6.45, 7) is 0.711. The summed E-state index contributed by atoms with van der Waals surface area (Å²) in [7, 11) is 0. The first-order valence-corrected chi connectivity index (χ1v) is 3.28. The maximum atomic E-state index is 10.4. The molecule has 3 rings (SSSR count). The lowest BCUT2D eigenvalue weighted by molar-refractivity contribution is -0.384. The Morgan fingerprint density at radius 1 is 1.55 bits per heavy atom. The maximum absolute atomic E-state index is 10.4. The molecular formula is C7H6N2O2. The first-order valence-electron chi connectivity index (χ1n) is 3.28. The van der Waals surface area contributed by atoms with Crippen LogP contribution in [0.5, 0.6) is 0 Å². The van der Waals surface area contributed by atoms with Gasteiger partial charge in [0.2, 0.25) is 0 Å². The van der Waals surface area contributed by atoms with Gasteiger partial charge >= 0.3 is 0 Å². The zero-order valence-corrected chi connectivity index (χ0v) is 5.70. The van der Waals surface area contributed by atoms with Gasteiger partial charge in [-0.2, -0.15) is 0 Å². The van der Waals surface area contributed by atoms with Crippen molar-refractivity contribution < 1.29 is 4.92 Å². The standard InChI is InChI=1S/C7H6N2O2/c10-9(11)7-3-5-1-2-6(7)8-4-5/h1-3,8H,4H2. The average molecular weight is 150 g/mol. The molecule has 56 valence electrons. The summed E-state index contributed by atoms with van der Waals surface area (Å²) < 4.78 is 0. The highest BCUT2D eigenvalue weighted by Gasteiger charge is 2.18. The van der Waals surface area contributed by atoms with Gasteiger partial charge in [-0.15, -0.1) is 0 Å². The van der Waals surface area contributed by atoms with Gasteiger partial charge in [0.1, 0.15) is 5.69 Å². The molecule has 2 aliphatic heterocycles. The number of nitro groups is 1. The molecule has 1 aromatic rings. The van der Waals surface area contributed by atoms with E-state index in [9.17, 15) is 10.1 Å². The van der Waals surface area contributed by atoms with Gasteiger partial charge in [-0.05, 0) is 11.6 Å². The summed E-state index contributed by atoms with van der Waals surface area (Å²) >= 11 is 0. The topological polar surface area (TPSA) is 55.2 Å². The first kappa shape index (κ1) is 6.15. The van der Waals surface area contributed by atoms with Crippen molar-refractivity contribution in [2.45, 2.75) is 6.54 Å². The predicted molar refractivity (Wildman–Crippen MR) is 40.4 cm³/mol. The van der Waals surface area contributed by atoms with Crippen LogP contribution in [0.3, 0.4) is 0 Å². The minimum atomic E-state index is -0.370. The Labute approximate surface area is 63.0 Å². The quantitative estimate of drug-likeness (QED) is 0.487. The van der Waals surface area contributed by atoms with Crippen molar-refractivity contribution >= 4 is 11.4 Å². The Hall–Kier alpha value is -1.58. The fraction of sp³-hybridized carbons (Fsp3) is 0.143. The summed E-state index contributed by atoms with van der Waals surface area (Å²) in [6, 6.07) is 5.22. The molecule has 2 aliphatic rings. The third kappa shape index (κ3) is 0.832. The summed E-state index contributed by atoms with van der Waals surface area (Å²) in [4.78, 5) is 10.0. The molecule has 0 aliphatic carbocycles. The van der Waals surface area contributed by atoms with Gasteiger partial charge in [0.05, 0.1) is 4.92 Å². The number of fused-ring (bicyclic) bond motifs is 3. The molecule has 4 nitrogen and oxygen atoms in total. The zero-order chi connectivity index (χ0) is 7.84. The minimum absolute atomic E-state index is 0.175. The van der Waals surface area contributed by atoms with Crippen molar-refractivity contribution in [3.05, 3.63) is 33.9 Å². The molecule has 4 heteroatoms. The number of hydrogen-bond acceptors (Lipinski definition) is 3. The Balaban J connectivity index is 2.60. The van der Waals surface area contributed by atoms with Gasteiger partial charge in [0.15, 0.2) is 0 Å². The van der Waals surface area contributed by atoms with Gasteiger partial charge in [0, 0.05) is 12.6 Å². The molecule has 11 heavy (non-hydrogen) atoms. The number of benzene rings is 1. The van der Waals surface area contributed by atoms with Crippen LogP contribution in [-0.4, -0.2) is 4.92 Å². The summed E-state index contributed by atoms with van der Waals surface area (Å²) in [5.41, 5.74) is 1.76. The monoisotopic (exact) mass is 150 g/mol. The van der Waals surface area contributed by atoms with E-state index < -0.39 is 0 Å². The largest absolute Gasteiger partial charge is 0.375 e. The van der Waals surface area contributed by atoms with Crippen LogP contribution < -0.4 is 5.32 Å². The van der Waals surface area contributed by atoms with Crippen molar-refractivity contribution in [1.29, 1.82) is 0 Å². The summed E-state index contributed by atoms with van der Waals surface area (Å²) in [6.07, 6.45) is 0. The SMILES string of the molecule is O=[N+]([O-])c1cc2ccc1NC2. The molecule has 1 aromatic carbocycles. The van der Waals surface area contributed by atoms with E-state index in [0.29, 0.717) is 12.2 Å². The fourth-order valence-electron chi connectivity index (χ4n) is 1.19. The Morgan fingerprint density at radius 2 is 2.36 bits per heavy atom. The lowest BCUT2D eigenvalue weighted by Crippen LogP contribution is -2.08. The van der Waals surface area contributed by atoms with E-state index in [4.69, 9.17) is 0 Å². The lowest BCUT2D eigenvalue weighted by atomic mass is 10.1. The van der Waals surface area contributed by atoms with E-state index >= 15 is 0 Å². The van der Waals surface area contributed by atoms with Crippen LogP contribution >= 0.6 is 0 Å². The molecule has 0 amide bonds. The van der Waals surface area contributed by atoms with Crippen molar-refractivity contribution in [3.63, 3.8) is 0 Å². The third-order valence-electron chi connectivity index (χ3n) is 1.74. The fourth-order valence-corrected chi connectivity index (χ4v) is 1.19. The number of hydrogen-bond donors (Lipinski definition) is 1. The van der Waals surface area contributed by atoms with E-state index in [1.54, 1.807) is 12.1 Å². The van der Waals surface area contributed by atoms with E-state index in [-0.39, 0.29) is 10.6 Å². The second kappa shape index (κ2) is 1.95. The Kier molecular flexibility index (Phi) is 1.09. The predicted octanol–water partition coefficient (Wildman–Crippen LogP) is 1.52. The number of nitro benzene ring substituents is 1. The molecule has 0 fully saturated rings. The van der Waals surface area contributed by atoms with Crippen LogP contribution in [0.15, 0.2) is 18.2 Å². The molecule has 0 unspecified atom stereocenters. The molecule has 0 radical (unpaired) electrons. The van der Waals surface area contributed by atoms with Crippen molar-refractivity contribution in [2.75, 3.05) is 5.32 Å². The zero-order valence-electron chi connectivity index (χ0n) is 5.70. The van der Waals surface area contributed by atoms with E-state index in [2.05, 4.69) is 5.32 Å². The number of nitrogens with one attached hydrogen (secondary N) is 1. The minimum Gasteiger partial charge on any atom is -0.375 e. The highest BCUT2D eigenvalue weighted by Crippen LogP contribution is 2.30. The molecule has 0 spiro atoms. The van der Waals surface area contributed by atoms with Gasteiger partial charge in [-0.1, -0.05) is 6.07 Å². The highest BCUT2D eigenvalue weighted by atomic mass is 16.6. The Bertz CT molecular complexity index is 322. The molecule has 0 aromatic heterocycles. The molecule has 0 saturated heterocycles. The van der Waals surface area contributed by atoms with E-state index in [1.165, 1.54) is 0 Å². The van der Waals surface area contributed by atoms with Gasteiger partial charge in [0.25, 0.3) is 5.69 Å². The number of nitrogens with zero attached hydrogens (tertiary/aromatic N) is 1. The van der Waals surface area contributed by atoms with Gasteiger partial charge < -0.3 is 5.32 Å². The van der Waals surface area contributed by atoms with E-state index in [1.807, 2.05) is 6.07 Å². The summed E-state index contributed by atoms with van der Waals surface area (Å²) in [5, 5.41) is 13.3.